The lowest BCUT2D eigenvalue weighted by atomic mass is 9.83. The van der Waals surface area contributed by atoms with Gasteiger partial charge in [0.2, 0.25) is 0 Å². The van der Waals surface area contributed by atoms with E-state index in [9.17, 15) is 5.11 Å². The first-order valence-electron chi connectivity index (χ1n) is 3.73. The third kappa shape index (κ3) is 2.24. The minimum Gasteiger partial charge on any atom is -0.376 e. The number of rotatable bonds is 0. The highest BCUT2D eigenvalue weighted by Crippen LogP contribution is 2.41. The molecule has 1 N–H and O–H groups in total. The highest BCUT2D eigenvalue weighted by molar-refractivity contribution is 7.90. The minimum absolute atomic E-state index is 0.552. The van der Waals surface area contributed by atoms with Crippen LogP contribution in [0.4, 0.5) is 0 Å². The third-order valence-corrected chi connectivity index (χ3v) is 2.67. The molecule has 0 spiro atoms. The summed E-state index contributed by atoms with van der Waals surface area (Å²) in [5, 5.41) is 12.4. The smallest absolute Gasteiger partial charge is 0.135 e. The van der Waals surface area contributed by atoms with Crippen molar-refractivity contribution in [3.05, 3.63) is 0 Å². The lowest BCUT2D eigenvalue weighted by Crippen LogP contribution is -2.37. The van der Waals surface area contributed by atoms with Gasteiger partial charge in [-0.15, -0.1) is 0 Å². The first kappa shape index (κ1) is 8.62. The zero-order valence-corrected chi connectivity index (χ0v) is 7.66. The summed E-state index contributed by atoms with van der Waals surface area (Å²) in [7, 11) is 0. The molecule has 0 saturated heterocycles. The molecule has 1 rings (SSSR count). The van der Waals surface area contributed by atoms with E-state index >= 15 is 0 Å². The van der Waals surface area contributed by atoms with Gasteiger partial charge in [-0.2, -0.15) is 0 Å². The Balaban J connectivity index is 2.49. The number of aliphatic hydroxyl groups is 1. The van der Waals surface area contributed by atoms with Crippen molar-refractivity contribution in [1.29, 1.82) is 0 Å². The van der Waals surface area contributed by atoms with Crippen molar-refractivity contribution in [1.82, 2.24) is 0 Å². The van der Waals surface area contributed by atoms with E-state index in [4.69, 9.17) is 0 Å². The van der Waals surface area contributed by atoms with Gasteiger partial charge in [-0.1, -0.05) is 24.0 Å². The van der Waals surface area contributed by atoms with E-state index in [0.29, 0.717) is 5.92 Å². The highest BCUT2D eigenvalue weighted by atomic mass is 32.1. The average Bonchev–Trinajstić information content (AvgIpc) is 1.85. The Morgan fingerprint density at radius 2 is 2.18 bits per heavy atom. The van der Waals surface area contributed by atoms with Gasteiger partial charge in [0, 0.05) is 5.18 Å². The quantitative estimate of drug-likeness (QED) is 0.432. The fraction of sp³-hybridized carbons (Fsp3) is 0.667. The fourth-order valence-electron chi connectivity index (χ4n) is 1.28. The van der Waals surface area contributed by atoms with Gasteiger partial charge in [-0.05, 0) is 31.6 Å². The number of hydrogen-bond acceptors (Lipinski definition) is 1. The van der Waals surface area contributed by atoms with Crippen molar-refractivity contribution in [2.45, 2.75) is 31.6 Å². The van der Waals surface area contributed by atoms with Crippen LogP contribution in [0.5, 0.6) is 0 Å². The Morgan fingerprint density at radius 1 is 1.55 bits per heavy atom. The maximum absolute atomic E-state index is 9.64. The lowest BCUT2D eigenvalue weighted by molar-refractivity contribution is 0.0186. The molecular formula is C9H12OS. The molecule has 60 valence electrons. The van der Waals surface area contributed by atoms with Gasteiger partial charge in [0.05, 0.1) is 0 Å². The van der Waals surface area contributed by atoms with Crippen LogP contribution in [-0.4, -0.2) is 10.0 Å². The van der Waals surface area contributed by atoms with Gasteiger partial charge in [0.15, 0.2) is 0 Å². The lowest BCUT2D eigenvalue weighted by Gasteiger charge is -2.37. The molecule has 0 unspecified atom stereocenters. The fourth-order valence-corrected chi connectivity index (χ4v) is 2.36. The van der Waals surface area contributed by atoms with Crippen LogP contribution >= 0.6 is 11.2 Å². The van der Waals surface area contributed by atoms with Crippen LogP contribution in [0.3, 0.4) is 0 Å². The Labute approximate surface area is 71.4 Å². The molecule has 0 atom stereocenters. The third-order valence-electron chi connectivity index (χ3n) is 1.75. The van der Waals surface area contributed by atoms with Gasteiger partial charge >= 0.3 is 0 Å². The number of hydrogen-bond donors (Lipinski definition) is 1. The van der Waals surface area contributed by atoms with E-state index in [2.05, 4.69) is 23.9 Å². The minimum atomic E-state index is -0.552. The molecular weight excluding hydrogens is 156 g/mol. The zero-order chi connectivity index (χ0) is 8.32. The maximum atomic E-state index is 9.64. The largest absolute Gasteiger partial charge is 0.376 e. The van der Waals surface area contributed by atoms with Crippen molar-refractivity contribution in [3.8, 4) is 17.0 Å². The summed E-state index contributed by atoms with van der Waals surface area (Å²) < 4.78 is 0. The molecule has 0 aromatic carbocycles. The molecule has 1 saturated carbocycles. The molecule has 0 bridgehead atoms. The molecule has 0 heterocycles. The summed E-state index contributed by atoms with van der Waals surface area (Å²) in [6.07, 6.45) is 1.74. The van der Waals surface area contributed by atoms with Crippen molar-refractivity contribution in [3.63, 3.8) is 0 Å². The van der Waals surface area contributed by atoms with Crippen LogP contribution < -0.4 is 0 Å². The maximum Gasteiger partial charge on any atom is 0.135 e. The molecule has 1 aliphatic rings. The Bertz CT molecular complexity index is 255. The van der Waals surface area contributed by atoms with Crippen LogP contribution in [0.25, 0.3) is 0 Å². The van der Waals surface area contributed by atoms with Crippen molar-refractivity contribution >= 4 is 11.2 Å². The summed E-state index contributed by atoms with van der Waals surface area (Å²) in [4.78, 5) is -0.552. The first-order chi connectivity index (χ1) is 5.16. The molecule has 0 aromatic heterocycles. The second kappa shape index (κ2) is 3.28. The first-order valence-corrected chi connectivity index (χ1v) is 4.55. The molecule has 1 fully saturated rings. The van der Waals surface area contributed by atoms with E-state index in [1.165, 1.54) is 11.2 Å². The van der Waals surface area contributed by atoms with Crippen molar-refractivity contribution < 1.29 is 5.11 Å². The molecule has 0 aromatic rings. The SMILES string of the molecule is CC#CC#S[C@]1(O)C[C@@H](C)C1. The van der Waals surface area contributed by atoms with Crippen molar-refractivity contribution in [2.24, 2.45) is 5.92 Å². The van der Waals surface area contributed by atoms with E-state index in [-0.39, 0.29) is 0 Å². The summed E-state index contributed by atoms with van der Waals surface area (Å²) in [5.41, 5.74) is 0. The topological polar surface area (TPSA) is 20.2 Å². The molecule has 2 heteroatoms. The van der Waals surface area contributed by atoms with E-state index in [1.807, 2.05) is 0 Å². The van der Waals surface area contributed by atoms with Gasteiger partial charge in [-0.25, -0.2) is 0 Å². The van der Waals surface area contributed by atoms with Crippen LogP contribution in [0.1, 0.15) is 26.7 Å². The van der Waals surface area contributed by atoms with Crippen LogP contribution in [0.15, 0.2) is 0 Å². The molecule has 11 heavy (non-hydrogen) atoms. The normalized spacial score (nSPS) is 34.3. The molecule has 1 aliphatic carbocycles. The Kier molecular flexibility index (Phi) is 2.57. The van der Waals surface area contributed by atoms with Crippen molar-refractivity contribution in [2.75, 3.05) is 0 Å². The molecule has 0 aliphatic heterocycles. The summed E-state index contributed by atoms with van der Waals surface area (Å²) in [6, 6.07) is 0. The Morgan fingerprint density at radius 3 is 2.64 bits per heavy atom. The van der Waals surface area contributed by atoms with Crippen LogP contribution in [0.2, 0.25) is 0 Å². The van der Waals surface area contributed by atoms with Gasteiger partial charge in [-0.3, -0.25) is 0 Å². The van der Waals surface area contributed by atoms with E-state index in [1.54, 1.807) is 6.92 Å². The van der Waals surface area contributed by atoms with Crippen LogP contribution in [-0.2, 0) is 0 Å². The summed E-state index contributed by atoms with van der Waals surface area (Å²) >= 11 is 1.33. The predicted octanol–water partition coefficient (Wildman–Crippen LogP) is 1.82. The second-order valence-electron chi connectivity index (χ2n) is 3.04. The zero-order valence-electron chi connectivity index (χ0n) is 6.85. The molecule has 0 amide bonds. The Hall–Kier alpha value is -0.480. The van der Waals surface area contributed by atoms with Gasteiger partial charge < -0.3 is 5.11 Å². The van der Waals surface area contributed by atoms with E-state index < -0.39 is 4.93 Å². The predicted molar refractivity (Wildman–Crippen MR) is 48.3 cm³/mol. The molecule has 1 nitrogen and oxygen atoms in total. The summed E-state index contributed by atoms with van der Waals surface area (Å²) in [5.74, 6) is 6.05. The van der Waals surface area contributed by atoms with Gasteiger partial charge in [0.25, 0.3) is 0 Å². The second-order valence-corrected chi connectivity index (χ2v) is 4.21. The van der Waals surface area contributed by atoms with Crippen LogP contribution in [0, 0.1) is 22.9 Å². The monoisotopic (exact) mass is 168 g/mol. The van der Waals surface area contributed by atoms with Gasteiger partial charge in [0.1, 0.15) is 4.93 Å². The molecule has 0 radical (unpaired) electrons. The van der Waals surface area contributed by atoms with E-state index in [0.717, 1.165) is 12.8 Å². The highest BCUT2D eigenvalue weighted by Gasteiger charge is 2.38. The summed E-state index contributed by atoms with van der Waals surface area (Å²) in [6.45, 7) is 3.90. The standard InChI is InChI=1S/C9H12OS/c1-3-4-5-11-9(10)6-8(2)7-9/h8,10H,6-7H2,1-2H3/t8-,9-. The average molecular weight is 168 g/mol.